The third-order valence-corrected chi connectivity index (χ3v) is 5.53. The first-order chi connectivity index (χ1) is 11.7. The maximum absolute atomic E-state index is 12.4. The minimum Gasteiger partial charge on any atom is -0.342 e. The van der Waals surface area contributed by atoms with Crippen molar-refractivity contribution in [3.8, 4) is 0 Å². The first-order valence-electron chi connectivity index (χ1n) is 8.27. The average molecular weight is 361 g/mol. The fourth-order valence-corrected chi connectivity index (χ4v) is 3.87. The van der Waals surface area contributed by atoms with Gasteiger partial charge in [0.2, 0.25) is 5.91 Å². The molecule has 3 rings (SSSR count). The summed E-state index contributed by atoms with van der Waals surface area (Å²) in [6.45, 7) is 1.73. The lowest BCUT2D eigenvalue weighted by molar-refractivity contribution is -0.129. The molecule has 0 spiro atoms. The Kier molecular flexibility index (Phi) is 6.16. The quantitative estimate of drug-likeness (QED) is 0.745. The van der Waals surface area contributed by atoms with Gasteiger partial charge in [-0.15, -0.1) is 0 Å². The zero-order chi connectivity index (χ0) is 16.8. The molecule has 24 heavy (non-hydrogen) atoms. The molecular weight excluding hydrogens is 340 g/mol. The van der Waals surface area contributed by atoms with Crippen molar-refractivity contribution >= 4 is 29.3 Å². The minimum absolute atomic E-state index is 0.204. The number of halogens is 1. The SMILES string of the molecule is O=C(CSc1ccc(Cl)cn1)N1CCC(Cc2ccccc2)CC1. The molecule has 0 N–H and O–H groups in total. The third kappa shape index (κ3) is 4.99. The monoisotopic (exact) mass is 360 g/mol. The molecule has 3 nitrogen and oxygen atoms in total. The van der Waals surface area contributed by atoms with E-state index < -0.39 is 0 Å². The number of benzene rings is 1. The molecule has 1 aliphatic rings. The summed E-state index contributed by atoms with van der Waals surface area (Å²) in [5.74, 6) is 1.33. The molecule has 1 fully saturated rings. The Labute approximate surface area is 152 Å². The summed E-state index contributed by atoms with van der Waals surface area (Å²) in [6, 6.07) is 14.3. The van der Waals surface area contributed by atoms with Gasteiger partial charge in [0.25, 0.3) is 0 Å². The molecule has 1 aliphatic heterocycles. The first kappa shape index (κ1) is 17.3. The second-order valence-corrected chi connectivity index (χ2v) is 7.55. The van der Waals surface area contributed by atoms with Crippen molar-refractivity contribution in [2.75, 3.05) is 18.8 Å². The Morgan fingerprint density at radius 1 is 1.17 bits per heavy atom. The molecule has 2 aromatic rings. The molecule has 1 amide bonds. The standard InChI is InChI=1S/C19H21ClN2OS/c20-17-6-7-18(21-13-17)24-14-19(23)22-10-8-16(9-11-22)12-15-4-2-1-3-5-15/h1-7,13,16H,8-12,14H2. The van der Waals surface area contributed by atoms with Gasteiger partial charge >= 0.3 is 0 Å². The van der Waals surface area contributed by atoms with E-state index >= 15 is 0 Å². The van der Waals surface area contributed by atoms with E-state index in [1.807, 2.05) is 11.0 Å². The maximum Gasteiger partial charge on any atom is 0.232 e. The van der Waals surface area contributed by atoms with Crippen molar-refractivity contribution in [3.05, 3.63) is 59.2 Å². The lowest BCUT2D eigenvalue weighted by Crippen LogP contribution is -2.39. The van der Waals surface area contributed by atoms with Gasteiger partial charge in [-0.25, -0.2) is 4.98 Å². The van der Waals surface area contributed by atoms with Gasteiger partial charge in [-0.1, -0.05) is 53.7 Å². The van der Waals surface area contributed by atoms with Crippen LogP contribution in [0.2, 0.25) is 5.02 Å². The molecule has 5 heteroatoms. The van der Waals surface area contributed by atoms with Crippen LogP contribution in [-0.4, -0.2) is 34.6 Å². The molecule has 1 aromatic carbocycles. The molecule has 2 heterocycles. The van der Waals surface area contributed by atoms with Gasteiger partial charge in [0.1, 0.15) is 0 Å². The minimum atomic E-state index is 0.204. The number of hydrogen-bond acceptors (Lipinski definition) is 3. The van der Waals surface area contributed by atoms with Crippen LogP contribution in [0.3, 0.4) is 0 Å². The fourth-order valence-electron chi connectivity index (χ4n) is 3.01. The predicted molar refractivity (Wildman–Crippen MR) is 99.4 cm³/mol. The van der Waals surface area contributed by atoms with Gasteiger partial charge < -0.3 is 4.90 Å². The summed E-state index contributed by atoms with van der Waals surface area (Å²) >= 11 is 7.29. The van der Waals surface area contributed by atoms with Gasteiger partial charge in [-0.3, -0.25) is 4.79 Å². The van der Waals surface area contributed by atoms with Crippen molar-refractivity contribution < 1.29 is 4.79 Å². The van der Waals surface area contributed by atoms with Crippen LogP contribution >= 0.6 is 23.4 Å². The average Bonchev–Trinajstić information content (AvgIpc) is 2.62. The van der Waals surface area contributed by atoms with E-state index in [1.54, 1.807) is 12.3 Å². The highest BCUT2D eigenvalue weighted by molar-refractivity contribution is 7.99. The van der Waals surface area contributed by atoms with E-state index in [0.29, 0.717) is 16.7 Å². The first-order valence-corrected chi connectivity index (χ1v) is 9.63. The van der Waals surface area contributed by atoms with E-state index in [-0.39, 0.29) is 5.91 Å². The number of aromatic nitrogens is 1. The molecule has 0 atom stereocenters. The van der Waals surface area contributed by atoms with Gasteiger partial charge in [-0.2, -0.15) is 0 Å². The van der Waals surface area contributed by atoms with Crippen molar-refractivity contribution in [1.82, 2.24) is 9.88 Å². The Hall–Kier alpha value is -1.52. The van der Waals surface area contributed by atoms with E-state index in [4.69, 9.17) is 11.6 Å². The molecule has 0 radical (unpaired) electrons. The zero-order valence-electron chi connectivity index (χ0n) is 13.5. The summed E-state index contributed by atoms with van der Waals surface area (Å²) in [6.07, 6.45) is 4.91. The number of pyridine rings is 1. The van der Waals surface area contributed by atoms with Crippen LogP contribution < -0.4 is 0 Å². The normalized spacial score (nSPS) is 15.5. The lowest BCUT2D eigenvalue weighted by Gasteiger charge is -2.32. The number of nitrogens with zero attached hydrogens (tertiary/aromatic N) is 2. The van der Waals surface area contributed by atoms with E-state index in [2.05, 4.69) is 35.3 Å². The molecule has 0 unspecified atom stereocenters. The van der Waals surface area contributed by atoms with Crippen LogP contribution in [0.1, 0.15) is 18.4 Å². The number of rotatable bonds is 5. The Morgan fingerprint density at radius 3 is 2.58 bits per heavy atom. The van der Waals surface area contributed by atoms with Crippen molar-refractivity contribution in [2.24, 2.45) is 5.92 Å². The van der Waals surface area contributed by atoms with Crippen LogP contribution in [0.15, 0.2) is 53.7 Å². The number of hydrogen-bond donors (Lipinski definition) is 0. The highest BCUT2D eigenvalue weighted by atomic mass is 35.5. The Bertz CT molecular complexity index is 655. The zero-order valence-corrected chi connectivity index (χ0v) is 15.1. The molecule has 1 aromatic heterocycles. The van der Waals surface area contributed by atoms with Gasteiger partial charge in [0.15, 0.2) is 0 Å². The largest absolute Gasteiger partial charge is 0.342 e. The van der Waals surface area contributed by atoms with Crippen molar-refractivity contribution in [2.45, 2.75) is 24.3 Å². The molecule has 1 saturated heterocycles. The number of amides is 1. The molecule has 0 aliphatic carbocycles. The van der Waals surface area contributed by atoms with Crippen LogP contribution in [0.5, 0.6) is 0 Å². The smallest absolute Gasteiger partial charge is 0.232 e. The fraction of sp³-hybridized carbons (Fsp3) is 0.368. The number of piperidine rings is 1. The summed E-state index contributed by atoms with van der Waals surface area (Å²) < 4.78 is 0. The summed E-state index contributed by atoms with van der Waals surface area (Å²) in [4.78, 5) is 18.6. The van der Waals surface area contributed by atoms with Crippen molar-refractivity contribution in [1.29, 1.82) is 0 Å². The molecule has 0 bridgehead atoms. The lowest BCUT2D eigenvalue weighted by atomic mass is 9.90. The third-order valence-electron chi connectivity index (χ3n) is 4.38. The maximum atomic E-state index is 12.4. The second kappa shape index (κ2) is 8.54. The summed E-state index contributed by atoms with van der Waals surface area (Å²) in [5, 5.41) is 1.46. The summed E-state index contributed by atoms with van der Waals surface area (Å²) in [7, 11) is 0. The Balaban J connectivity index is 1.42. The number of likely N-dealkylation sites (tertiary alicyclic amines) is 1. The van der Waals surface area contributed by atoms with Crippen molar-refractivity contribution in [3.63, 3.8) is 0 Å². The van der Waals surface area contributed by atoms with E-state index in [9.17, 15) is 4.79 Å². The topological polar surface area (TPSA) is 33.2 Å². The molecule has 126 valence electrons. The molecule has 0 saturated carbocycles. The summed E-state index contributed by atoms with van der Waals surface area (Å²) in [5.41, 5.74) is 1.40. The second-order valence-electron chi connectivity index (χ2n) is 6.12. The van der Waals surface area contributed by atoms with Crippen LogP contribution in [0.4, 0.5) is 0 Å². The van der Waals surface area contributed by atoms with E-state index in [1.165, 1.54) is 17.3 Å². The van der Waals surface area contributed by atoms with Gasteiger partial charge in [0, 0.05) is 19.3 Å². The Morgan fingerprint density at radius 2 is 1.92 bits per heavy atom. The number of thioether (sulfide) groups is 1. The number of carbonyl (C=O) groups excluding carboxylic acids is 1. The molecular formula is C19H21ClN2OS. The van der Waals surface area contributed by atoms with Gasteiger partial charge in [0.05, 0.1) is 15.8 Å². The van der Waals surface area contributed by atoms with Crippen LogP contribution in [0, 0.1) is 5.92 Å². The highest BCUT2D eigenvalue weighted by Crippen LogP contribution is 2.23. The van der Waals surface area contributed by atoms with E-state index in [0.717, 1.165) is 37.4 Å². The predicted octanol–water partition coefficient (Wildman–Crippen LogP) is 4.31. The van der Waals surface area contributed by atoms with Gasteiger partial charge in [-0.05, 0) is 42.9 Å². The number of carbonyl (C=O) groups is 1. The van der Waals surface area contributed by atoms with Crippen LogP contribution in [0.25, 0.3) is 0 Å². The highest BCUT2D eigenvalue weighted by Gasteiger charge is 2.22. The van der Waals surface area contributed by atoms with Crippen LogP contribution in [-0.2, 0) is 11.2 Å².